The normalized spacial score (nSPS) is 16.5. The second-order valence-corrected chi connectivity index (χ2v) is 9.18. The van der Waals surface area contributed by atoms with Gasteiger partial charge in [0, 0.05) is 43.9 Å². The smallest absolute Gasteiger partial charge is 0.269 e. The van der Waals surface area contributed by atoms with E-state index in [1.54, 1.807) is 18.3 Å². The van der Waals surface area contributed by atoms with Gasteiger partial charge in [0.05, 0.1) is 11.1 Å². The fourth-order valence-corrected chi connectivity index (χ4v) is 4.63. The SMILES string of the molecule is Cc1cc([N+](=O)[O-])ccc1-c1ccc(/C=N\Nc2nc(N3CCCCC3)nc(N3CCCCC3)n2)o1. The number of piperidine rings is 2. The molecular weight excluding hydrogens is 460 g/mol. The van der Waals surface area contributed by atoms with Crippen molar-refractivity contribution in [3.05, 3.63) is 51.8 Å². The van der Waals surface area contributed by atoms with Gasteiger partial charge in [-0.2, -0.15) is 20.1 Å². The molecule has 11 nitrogen and oxygen atoms in total. The molecule has 0 radical (unpaired) electrons. The van der Waals surface area contributed by atoms with Crippen LogP contribution in [0, 0.1) is 17.0 Å². The second-order valence-electron chi connectivity index (χ2n) is 9.18. The first-order valence-corrected chi connectivity index (χ1v) is 12.5. The predicted octanol–water partition coefficient (Wildman–Crippen LogP) is 4.77. The number of anilines is 3. The highest BCUT2D eigenvalue weighted by molar-refractivity contribution is 5.78. The zero-order chi connectivity index (χ0) is 24.9. The van der Waals surface area contributed by atoms with Crippen LogP contribution in [0.2, 0.25) is 0 Å². The van der Waals surface area contributed by atoms with Crippen LogP contribution < -0.4 is 15.2 Å². The fourth-order valence-electron chi connectivity index (χ4n) is 4.63. The number of nitro groups is 1. The van der Waals surface area contributed by atoms with E-state index >= 15 is 0 Å². The number of aromatic nitrogens is 3. The lowest BCUT2D eigenvalue weighted by atomic mass is 10.1. The van der Waals surface area contributed by atoms with Gasteiger partial charge in [-0.3, -0.25) is 10.1 Å². The zero-order valence-electron chi connectivity index (χ0n) is 20.4. The molecule has 11 heteroatoms. The highest BCUT2D eigenvalue weighted by Gasteiger charge is 2.20. The van der Waals surface area contributed by atoms with Crippen molar-refractivity contribution in [3.8, 4) is 11.3 Å². The molecule has 0 amide bonds. The minimum Gasteiger partial charge on any atom is -0.455 e. The maximum absolute atomic E-state index is 11.0. The van der Waals surface area contributed by atoms with E-state index in [-0.39, 0.29) is 5.69 Å². The average molecular weight is 491 g/mol. The molecule has 1 aromatic carbocycles. The lowest BCUT2D eigenvalue weighted by Crippen LogP contribution is -2.34. The fraction of sp³-hybridized carbons (Fsp3) is 0.440. The van der Waals surface area contributed by atoms with Gasteiger partial charge in [0.15, 0.2) is 0 Å². The van der Waals surface area contributed by atoms with Crippen LogP contribution in [-0.2, 0) is 0 Å². The molecule has 0 atom stereocenters. The molecule has 3 aromatic rings. The summed E-state index contributed by atoms with van der Waals surface area (Å²) in [6.45, 7) is 5.61. The predicted molar refractivity (Wildman–Crippen MR) is 139 cm³/mol. The molecule has 2 aliphatic heterocycles. The van der Waals surface area contributed by atoms with Gasteiger partial charge in [0.25, 0.3) is 5.69 Å². The van der Waals surface area contributed by atoms with Crippen LogP contribution in [0.5, 0.6) is 0 Å². The lowest BCUT2D eigenvalue weighted by Gasteiger charge is -2.30. The summed E-state index contributed by atoms with van der Waals surface area (Å²) in [7, 11) is 0. The number of nitrogens with one attached hydrogen (secondary N) is 1. The Bertz CT molecular complexity index is 1210. The van der Waals surface area contributed by atoms with Gasteiger partial charge < -0.3 is 14.2 Å². The first-order chi connectivity index (χ1) is 17.6. The second kappa shape index (κ2) is 10.7. The molecule has 2 fully saturated rings. The molecule has 0 unspecified atom stereocenters. The minimum atomic E-state index is -0.406. The van der Waals surface area contributed by atoms with Gasteiger partial charge in [-0.15, -0.1) is 0 Å². The number of non-ortho nitro benzene ring substituents is 1. The van der Waals surface area contributed by atoms with Gasteiger partial charge in [0.1, 0.15) is 11.5 Å². The van der Waals surface area contributed by atoms with Crippen LogP contribution in [-0.4, -0.2) is 52.3 Å². The number of benzene rings is 1. The number of hydrogen-bond acceptors (Lipinski definition) is 10. The van der Waals surface area contributed by atoms with Crippen molar-refractivity contribution in [1.82, 2.24) is 15.0 Å². The molecule has 0 saturated carbocycles. The van der Waals surface area contributed by atoms with Crippen molar-refractivity contribution in [2.75, 3.05) is 41.4 Å². The van der Waals surface area contributed by atoms with Crippen molar-refractivity contribution in [3.63, 3.8) is 0 Å². The Labute approximate surface area is 209 Å². The van der Waals surface area contributed by atoms with Gasteiger partial charge >= 0.3 is 0 Å². The van der Waals surface area contributed by atoms with Crippen LogP contribution in [0.15, 0.2) is 39.9 Å². The summed E-state index contributed by atoms with van der Waals surface area (Å²) in [5.74, 6) is 2.94. The van der Waals surface area contributed by atoms with Crippen LogP contribution >= 0.6 is 0 Å². The molecule has 36 heavy (non-hydrogen) atoms. The Morgan fingerprint density at radius 3 is 2.17 bits per heavy atom. The Balaban J connectivity index is 1.32. The Kier molecular flexibility index (Phi) is 7.06. The first kappa shape index (κ1) is 23.7. The van der Waals surface area contributed by atoms with Crippen molar-refractivity contribution < 1.29 is 9.34 Å². The van der Waals surface area contributed by atoms with E-state index in [4.69, 9.17) is 9.40 Å². The van der Waals surface area contributed by atoms with Gasteiger partial charge in [-0.25, -0.2) is 5.43 Å². The van der Waals surface area contributed by atoms with Crippen molar-refractivity contribution >= 4 is 29.7 Å². The monoisotopic (exact) mass is 490 g/mol. The first-order valence-electron chi connectivity index (χ1n) is 12.5. The van der Waals surface area contributed by atoms with Crippen LogP contribution in [0.25, 0.3) is 11.3 Å². The van der Waals surface area contributed by atoms with Crippen LogP contribution in [0.1, 0.15) is 49.8 Å². The molecule has 0 aliphatic carbocycles. The number of hydrogen-bond donors (Lipinski definition) is 1. The Morgan fingerprint density at radius 2 is 1.58 bits per heavy atom. The number of nitrogens with zero attached hydrogens (tertiary/aromatic N) is 7. The van der Waals surface area contributed by atoms with E-state index < -0.39 is 4.92 Å². The van der Waals surface area contributed by atoms with E-state index in [9.17, 15) is 10.1 Å². The molecule has 0 spiro atoms. The van der Waals surface area contributed by atoms with E-state index in [1.807, 2.05) is 13.0 Å². The summed E-state index contributed by atoms with van der Waals surface area (Å²) in [6, 6.07) is 8.32. The topological polar surface area (TPSA) is 126 Å². The number of aryl methyl sites for hydroxylation is 1. The maximum Gasteiger partial charge on any atom is 0.269 e. The quantitative estimate of drug-likeness (QED) is 0.283. The Morgan fingerprint density at radius 1 is 0.944 bits per heavy atom. The summed E-state index contributed by atoms with van der Waals surface area (Å²) in [5.41, 5.74) is 4.57. The molecule has 4 heterocycles. The summed E-state index contributed by atoms with van der Waals surface area (Å²) in [5, 5.41) is 15.3. The standard InChI is InChI=1S/C25H30N8O3/c1-18-16-19(33(34)35)8-10-21(18)22-11-9-20(36-22)17-26-30-23-27-24(31-12-4-2-5-13-31)29-25(28-23)32-14-6-3-7-15-32/h8-11,16-17H,2-7,12-15H2,1H3,(H,27,28,29,30)/b26-17-. The van der Waals surface area contributed by atoms with Gasteiger partial charge in [-0.1, -0.05) is 0 Å². The van der Waals surface area contributed by atoms with Gasteiger partial charge in [0.2, 0.25) is 17.8 Å². The highest BCUT2D eigenvalue weighted by Crippen LogP contribution is 2.28. The number of nitro benzene ring substituents is 1. The molecule has 2 aromatic heterocycles. The molecule has 5 rings (SSSR count). The third kappa shape index (κ3) is 5.45. The van der Waals surface area contributed by atoms with E-state index in [0.29, 0.717) is 29.4 Å². The average Bonchev–Trinajstić information content (AvgIpc) is 3.38. The summed E-state index contributed by atoms with van der Waals surface area (Å²) < 4.78 is 5.90. The minimum absolute atomic E-state index is 0.0546. The van der Waals surface area contributed by atoms with Crippen molar-refractivity contribution in [1.29, 1.82) is 0 Å². The molecular formula is C25H30N8O3. The zero-order valence-corrected chi connectivity index (χ0v) is 20.4. The largest absolute Gasteiger partial charge is 0.455 e. The van der Waals surface area contributed by atoms with Crippen LogP contribution in [0.4, 0.5) is 23.5 Å². The van der Waals surface area contributed by atoms with Crippen LogP contribution in [0.3, 0.4) is 0 Å². The van der Waals surface area contributed by atoms with E-state index in [2.05, 4.69) is 30.3 Å². The lowest BCUT2D eigenvalue weighted by molar-refractivity contribution is -0.384. The maximum atomic E-state index is 11.0. The van der Waals surface area contributed by atoms with E-state index in [0.717, 1.165) is 63.0 Å². The third-order valence-electron chi connectivity index (χ3n) is 6.56. The van der Waals surface area contributed by atoms with Gasteiger partial charge in [-0.05, 0) is 69.2 Å². The Hall–Kier alpha value is -4.02. The van der Waals surface area contributed by atoms with Crippen molar-refractivity contribution in [2.24, 2.45) is 5.10 Å². The van der Waals surface area contributed by atoms with Crippen molar-refractivity contribution in [2.45, 2.75) is 45.4 Å². The molecule has 1 N–H and O–H groups in total. The summed E-state index contributed by atoms with van der Waals surface area (Å²) >= 11 is 0. The number of hydrazone groups is 1. The molecule has 2 aliphatic rings. The number of furan rings is 1. The molecule has 2 saturated heterocycles. The molecule has 188 valence electrons. The molecule has 0 bridgehead atoms. The highest BCUT2D eigenvalue weighted by atomic mass is 16.6. The van der Waals surface area contributed by atoms with E-state index in [1.165, 1.54) is 25.0 Å². The third-order valence-corrected chi connectivity index (χ3v) is 6.56. The summed E-state index contributed by atoms with van der Waals surface area (Å²) in [6.07, 6.45) is 8.60. The summed E-state index contributed by atoms with van der Waals surface area (Å²) in [4.78, 5) is 29.1. The number of rotatable bonds is 7.